The van der Waals surface area contributed by atoms with Gasteiger partial charge in [0.2, 0.25) is 11.8 Å². The smallest absolute Gasteiger partial charge is 0.242 e. The first-order valence-electron chi connectivity index (χ1n) is 11.3. The van der Waals surface area contributed by atoms with Crippen LogP contribution in [0.2, 0.25) is 0 Å². The summed E-state index contributed by atoms with van der Waals surface area (Å²) in [5.41, 5.74) is 3.36. The number of nitrogens with one attached hydrogen (secondary N) is 1. The van der Waals surface area contributed by atoms with E-state index in [-0.39, 0.29) is 11.8 Å². The van der Waals surface area contributed by atoms with Crippen molar-refractivity contribution in [2.45, 2.75) is 66.0 Å². The Morgan fingerprint density at radius 2 is 1.74 bits per heavy atom. The Hall–Kier alpha value is -2.82. The van der Waals surface area contributed by atoms with Crippen molar-refractivity contribution in [1.82, 2.24) is 10.2 Å². The van der Waals surface area contributed by atoms with E-state index in [1.54, 1.807) is 4.90 Å². The standard InChI is InChI=1S/C26H36N2O3/c1-5-17-27-26(30)24(6-2)28(19-22-11-8-7-10-21(22)4)25(29)12-9-18-31-23-15-13-20(3)14-16-23/h7-8,10-11,13-16,24H,5-6,9,12,17-19H2,1-4H3,(H,27,30). The van der Waals surface area contributed by atoms with Crippen molar-refractivity contribution >= 4 is 11.8 Å². The van der Waals surface area contributed by atoms with E-state index in [1.165, 1.54) is 5.56 Å². The number of amides is 2. The monoisotopic (exact) mass is 424 g/mol. The summed E-state index contributed by atoms with van der Waals surface area (Å²) in [4.78, 5) is 27.7. The quantitative estimate of drug-likeness (QED) is 0.498. The first-order valence-corrected chi connectivity index (χ1v) is 11.3. The van der Waals surface area contributed by atoms with Crippen LogP contribution < -0.4 is 10.1 Å². The summed E-state index contributed by atoms with van der Waals surface area (Å²) in [6.45, 7) is 9.55. The van der Waals surface area contributed by atoms with E-state index in [0.29, 0.717) is 39.0 Å². The van der Waals surface area contributed by atoms with Crippen LogP contribution in [-0.4, -0.2) is 35.9 Å². The maximum atomic E-state index is 13.2. The maximum absolute atomic E-state index is 13.2. The third kappa shape index (κ3) is 7.74. The maximum Gasteiger partial charge on any atom is 0.242 e. The summed E-state index contributed by atoms with van der Waals surface area (Å²) in [6.07, 6.45) is 2.39. The minimum absolute atomic E-state index is 0.0192. The molecule has 0 fully saturated rings. The molecule has 2 aromatic rings. The molecule has 0 aliphatic rings. The molecule has 0 spiro atoms. The fourth-order valence-electron chi connectivity index (χ4n) is 3.45. The summed E-state index contributed by atoms with van der Waals surface area (Å²) in [6, 6.07) is 15.4. The Morgan fingerprint density at radius 1 is 1.03 bits per heavy atom. The fourth-order valence-corrected chi connectivity index (χ4v) is 3.45. The number of rotatable bonds is 12. The van der Waals surface area contributed by atoms with Gasteiger partial charge in [0.05, 0.1) is 6.61 Å². The molecule has 5 heteroatoms. The highest BCUT2D eigenvalue weighted by Crippen LogP contribution is 2.17. The fraction of sp³-hybridized carbons (Fsp3) is 0.462. The predicted molar refractivity (Wildman–Crippen MR) is 125 cm³/mol. The largest absolute Gasteiger partial charge is 0.494 e. The third-order valence-electron chi connectivity index (χ3n) is 5.36. The number of hydrogen-bond acceptors (Lipinski definition) is 3. The molecule has 0 aliphatic heterocycles. The highest BCUT2D eigenvalue weighted by molar-refractivity contribution is 5.87. The summed E-state index contributed by atoms with van der Waals surface area (Å²) in [7, 11) is 0. The van der Waals surface area contributed by atoms with Gasteiger partial charge in [-0.2, -0.15) is 0 Å². The number of nitrogens with zero attached hydrogens (tertiary/aromatic N) is 1. The van der Waals surface area contributed by atoms with Crippen LogP contribution in [0.1, 0.15) is 56.2 Å². The van der Waals surface area contributed by atoms with Gasteiger partial charge in [-0.3, -0.25) is 9.59 Å². The van der Waals surface area contributed by atoms with E-state index >= 15 is 0 Å². The molecular formula is C26H36N2O3. The van der Waals surface area contributed by atoms with Gasteiger partial charge in [0.1, 0.15) is 11.8 Å². The first-order chi connectivity index (χ1) is 15.0. The molecule has 2 aromatic carbocycles. The molecule has 0 aliphatic carbocycles. The van der Waals surface area contributed by atoms with Crippen LogP contribution in [0.25, 0.3) is 0 Å². The molecule has 1 atom stereocenters. The Labute approximate surface area is 186 Å². The molecule has 0 heterocycles. The Balaban J connectivity index is 2.04. The van der Waals surface area contributed by atoms with E-state index in [1.807, 2.05) is 76.2 Å². The lowest BCUT2D eigenvalue weighted by Gasteiger charge is -2.31. The van der Waals surface area contributed by atoms with Crippen LogP contribution in [0.3, 0.4) is 0 Å². The number of carbonyl (C=O) groups is 2. The second-order valence-electron chi connectivity index (χ2n) is 7.93. The predicted octanol–water partition coefficient (Wildman–Crippen LogP) is 4.80. The number of aryl methyl sites for hydroxylation is 2. The minimum Gasteiger partial charge on any atom is -0.494 e. The molecule has 0 saturated carbocycles. The Kier molecular flexibility index (Phi) is 10.1. The normalized spacial score (nSPS) is 11.6. The van der Waals surface area contributed by atoms with E-state index in [4.69, 9.17) is 4.74 Å². The lowest BCUT2D eigenvalue weighted by molar-refractivity contribution is -0.141. The molecule has 5 nitrogen and oxygen atoms in total. The average Bonchev–Trinajstić information content (AvgIpc) is 2.77. The summed E-state index contributed by atoms with van der Waals surface area (Å²) >= 11 is 0. The van der Waals surface area contributed by atoms with Crippen molar-refractivity contribution in [3.8, 4) is 5.75 Å². The van der Waals surface area contributed by atoms with Gasteiger partial charge in [0.25, 0.3) is 0 Å². The lowest BCUT2D eigenvalue weighted by atomic mass is 10.1. The van der Waals surface area contributed by atoms with Crippen molar-refractivity contribution in [3.05, 3.63) is 65.2 Å². The highest BCUT2D eigenvalue weighted by Gasteiger charge is 2.28. The van der Waals surface area contributed by atoms with Crippen LogP contribution in [0.4, 0.5) is 0 Å². The third-order valence-corrected chi connectivity index (χ3v) is 5.36. The van der Waals surface area contributed by atoms with E-state index in [9.17, 15) is 9.59 Å². The van der Waals surface area contributed by atoms with Crippen molar-refractivity contribution < 1.29 is 14.3 Å². The molecule has 2 rings (SSSR count). The van der Waals surface area contributed by atoms with Gasteiger partial charge < -0.3 is 15.0 Å². The molecule has 0 radical (unpaired) electrons. The van der Waals surface area contributed by atoms with Crippen LogP contribution in [-0.2, 0) is 16.1 Å². The number of hydrogen-bond donors (Lipinski definition) is 1. The molecular weight excluding hydrogens is 388 g/mol. The molecule has 0 bridgehead atoms. The van der Waals surface area contributed by atoms with E-state index < -0.39 is 6.04 Å². The van der Waals surface area contributed by atoms with E-state index in [0.717, 1.165) is 23.3 Å². The van der Waals surface area contributed by atoms with Crippen LogP contribution in [0.15, 0.2) is 48.5 Å². The molecule has 31 heavy (non-hydrogen) atoms. The number of ether oxygens (including phenoxy) is 1. The minimum atomic E-state index is -0.475. The van der Waals surface area contributed by atoms with Gasteiger partial charge in [-0.1, -0.05) is 55.8 Å². The van der Waals surface area contributed by atoms with Crippen LogP contribution in [0.5, 0.6) is 5.75 Å². The Bertz CT molecular complexity index is 833. The topological polar surface area (TPSA) is 58.6 Å². The summed E-state index contributed by atoms with van der Waals surface area (Å²) in [5.74, 6) is 0.705. The van der Waals surface area contributed by atoms with Crippen molar-refractivity contribution in [1.29, 1.82) is 0 Å². The summed E-state index contributed by atoms with van der Waals surface area (Å²) < 4.78 is 5.77. The van der Waals surface area contributed by atoms with Crippen molar-refractivity contribution in [2.24, 2.45) is 0 Å². The molecule has 0 aromatic heterocycles. The molecule has 1 N–H and O–H groups in total. The van der Waals surface area contributed by atoms with Crippen LogP contribution >= 0.6 is 0 Å². The number of benzene rings is 2. The second kappa shape index (κ2) is 12.8. The van der Waals surface area contributed by atoms with Crippen LogP contribution in [0, 0.1) is 13.8 Å². The molecule has 1 unspecified atom stereocenters. The molecule has 168 valence electrons. The van der Waals surface area contributed by atoms with Gasteiger partial charge in [-0.25, -0.2) is 0 Å². The van der Waals surface area contributed by atoms with Crippen molar-refractivity contribution in [3.63, 3.8) is 0 Å². The van der Waals surface area contributed by atoms with Gasteiger partial charge in [0.15, 0.2) is 0 Å². The zero-order valence-corrected chi connectivity index (χ0v) is 19.3. The van der Waals surface area contributed by atoms with Crippen molar-refractivity contribution in [2.75, 3.05) is 13.2 Å². The SMILES string of the molecule is CCCNC(=O)C(CC)N(Cc1ccccc1C)C(=O)CCCOc1ccc(C)cc1. The Morgan fingerprint density at radius 3 is 2.39 bits per heavy atom. The number of carbonyl (C=O) groups excluding carboxylic acids is 2. The van der Waals surface area contributed by atoms with Gasteiger partial charge >= 0.3 is 0 Å². The molecule has 2 amide bonds. The average molecular weight is 425 g/mol. The summed E-state index contributed by atoms with van der Waals surface area (Å²) in [5, 5.41) is 2.95. The first kappa shape index (κ1) is 24.4. The van der Waals surface area contributed by atoms with Gasteiger partial charge in [-0.05, 0) is 56.4 Å². The van der Waals surface area contributed by atoms with Gasteiger partial charge in [0, 0.05) is 19.5 Å². The second-order valence-corrected chi connectivity index (χ2v) is 7.93. The zero-order valence-electron chi connectivity index (χ0n) is 19.3. The lowest BCUT2D eigenvalue weighted by Crippen LogP contribution is -2.49. The molecule has 0 saturated heterocycles. The highest BCUT2D eigenvalue weighted by atomic mass is 16.5. The zero-order chi connectivity index (χ0) is 22.6. The van der Waals surface area contributed by atoms with E-state index in [2.05, 4.69) is 5.32 Å². The van der Waals surface area contributed by atoms with Gasteiger partial charge in [-0.15, -0.1) is 0 Å².